The van der Waals surface area contributed by atoms with Crippen LogP contribution in [0, 0.1) is 6.92 Å². The maximum atomic E-state index is 13.1. The van der Waals surface area contributed by atoms with Crippen molar-refractivity contribution in [3.05, 3.63) is 33.8 Å². The second kappa shape index (κ2) is 9.25. The maximum Gasteiger partial charge on any atom is 0.265 e. The van der Waals surface area contributed by atoms with Crippen molar-refractivity contribution in [2.75, 3.05) is 33.3 Å². The fourth-order valence-electron chi connectivity index (χ4n) is 3.88. The van der Waals surface area contributed by atoms with Crippen LogP contribution in [-0.4, -0.2) is 60.0 Å². The van der Waals surface area contributed by atoms with E-state index in [1.54, 1.807) is 13.2 Å². The molecule has 0 saturated carbocycles. The Kier molecular flexibility index (Phi) is 6.96. The zero-order chi connectivity index (χ0) is 20.3. The van der Waals surface area contributed by atoms with Crippen LogP contribution in [0.4, 0.5) is 0 Å². The summed E-state index contributed by atoms with van der Waals surface area (Å²) in [5, 5.41) is 1.38. The molecule has 152 valence electrons. The number of nitrogens with zero attached hydrogens (tertiary/aromatic N) is 3. The molecule has 2 aromatic rings. The first-order valence-corrected chi connectivity index (χ1v) is 11.0. The zero-order valence-corrected chi connectivity index (χ0v) is 18.6. The van der Waals surface area contributed by atoms with E-state index in [0.29, 0.717) is 21.7 Å². The predicted octanol–water partition coefficient (Wildman–Crippen LogP) is 4.73. The molecule has 0 radical (unpaired) electrons. The minimum Gasteiger partial charge on any atom is -0.496 e. The number of likely N-dealkylation sites (tertiary alicyclic amines) is 1. The van der Waals surface area contributed by atoms with E-state index in [2.05, 4.69) is 23.7 Å². The summed E-state index contributed by atoms with van der Waals surface area (Å²) in [7, 11) is 1.62. The monoisotopic (exact) mass is 421 g/mol. The Bertz CT molecular complexity index is 827. The lowest BCUT2D eigenvalue weighted by atomic mass is 10.0. The van der Waals surface area contributed by atoms with Crippen LogP contribution in [0.15, 0.2) is 18.2 Å². The number of piperidine rings is 1. The van der Waals surface area contributed by atoms with Gasteiger partial charge in [-0.25, -0.2) is 4.98 Å². The SMILES string of the molecule is CCN(CC)C1CCN(C(=O)c2sc(-c3cc(Cl)ccc3OC)nc2C)CC1. The molecule has 0 bridgehead atoms. The largest absolute Gasteiger partial charge is 0.496 e. The number of amides is 1. The average Bonchev–Trinajstić information content (AvgIpc) is 3.10. The van der Waals surface area contributed by atoms with E-state index in [1.165, 1.54) is 11.3 Å². The molecule has 0 atom stereocenters. The van der Waals surface area contributed by atoms with Crippen LogP contribution >= 0.6 is 22.9 Å². The Morgan fingerprint density at radius 1 is 1.32 bits per heavy atom. The molecule has 5 nitrogen and oxygen atoms in total. The molecule has 0 N–H and O–H groups in total. The van der Waals surface area contributed by atoms with Gasteiger partial charge in [0.15, 0.2) is 0 Å². The summed E-state index contributed by atoms with van der Waals surface area (Å²) in [5.41, 5.74) is 1.58. The van der Waals surface area contributed by atoms with Crippen molar-refractivity contribution in [3.8, 4) is 16.3 Å². The van der Waals surface area contributed by atoms with E-state index in [-0.39, 0.29) is 5.91 Å². The number of carbonyl (C=O) groups is 1. The third-order valence-corrected chi connectivity index (χ3v) is 6.88. The summed E-state index contributed by atoms with van der Waals surface area (Å²) in [6.07, 6.45) is 2.06. The molecule has 1 aliphatic heterocycles. The number of halogens is 1. The number of carbonyl (C=O) groups excluding carboxylic acids is 1. The second-order valence-corrected chi connectivity index (χ2v) is 8.46. The highest BCUT2D eigenvalue weighted by atomic mass is 35.5. The fourth-order valence-corrected chi connectivity index (χ4v) is 5.10. The smallest absolute Gasteiger partial charge is 0.265 e. The van der Waals surface area contributed by atoms with Gasteiger partial charge >= 0.3 is 0 Å². The fraction of sp³-hybridized carbons (Fsp3) is 0.524. The van der Waals surface area contributed by atoms with E-state index < -0.39 is 0 Å². The third-order valence-electron chi connectivity index (χ3n) is 5.46. The van der Waals surface area contributed by atoms with E-state index in [0.717, 1.165) is 55.3 Å². The van der Waals surface area contributed by atoms with E-state index in [9.17, 15) is 4.79 Å². The van der Waals surface area contributed by atoms with Crippen LogP contribution in [0.2, 0.25) is 5.02 Å². The van der Waals surface area contributed by atoms with Gasteiger partial charge in [0, 0.05) is 24.2 Å². The van der Waals surface area contributed by atoms with E-state index in [4.69, 9.17) is 16.3 Å². The number of thiazole rings is 1. The van der Waals surface area contributed by atoms with Gasteiger partial charge in [-0.05, 0) is 51.1 Å². The van der Waals surface area contributed by atoms with E-state index in [1.807, 2.05) is 24.0 Å². The molecule has 28 heavy (non-hydrogen) atoms. The highest BCUT2D eigenvalue weighted by molar-refractivity contribution is 7.17. The number of aryl methyl sites for hydroxylation is 1. The molecule has 7 heteroatoms. The summed E-state index contributed by atoms with van der Waals surface area (Å²) >= 11 is 7.58. The molecule has 1 aromatic carbocycles. The van der Waals surface area contributed by atoms with Crippen molar-refractivity contribution < 1.29 is 9.53 Å². The molecular weight excluding hydrogens is 394 g/mol. The molecule has 2 heterocycles. The normalized spacial score (nSPS) is 15.3. The molecule has 0 unspecified atom stereocenters. The van der Waals surface area contributed by atoms with Crippen LogP contribution in [0.5, 0.6) is 5.75 Å². The molecule has 0 spiro atoms. The topological polar surface area (TPSA) is 45.7 Å². The molecule has 1 aromatic heterocycles. The Hall–Kier alpha value is -1.63. The number of methoxy groups -OCH3 is 1. The third kappa shape index (κ3) is 4.34. The van der Waals surface area contributed by atoms with Crippen LogP contribution in [0.1, 0.15) is 42.1 Å². The van der Waals surface area contributed by atoms with E-state index >= 15 is 0 Å². The minimum atomic E-state index is 0.0836. The molecular formula is C21H28ClN3O2S. The van der Waals surface area contributed by atoms with Gasteiger partial charge in [-0.3, -0.25) is 4.79 Å². The average molecular weight is 422 g/mol. The molecule has 1 saturated heterocycles. The summed E-state index contributed by atoms with van der Waals surface area (Å²) in [4.78, 5) is 22.9. The van der Waals surface area contributed by atoms with Gasteiger partial charge in [0.1, 0.15) is 15.6 Å². The van der Waals surface area contributed by atoms with Crippen molar-refractivity contribution in [1.82, 2.24) is 14.8 Å². The lowest BCUT2D eigenvalue weighted by Gasteiger charge is -2.37. The van der Waals surface area contributed by atoms with Crippen LogP contribution in [0.3, 0.4) is 0 Å². The number of hydrogen-bond donors (Lipinski definition) is 0. The zero-order valence-electron chi connectivity index (χ0n) is 17.0. The molecule has 0 aliphatic carbocycles. The number of ether oxygens (including phenoxy) is 1. The predicted molar refractivity (Wildman–Crippen MR) is 116 cm³/mol. The Balaban J connectivity index is 1.77. The number of benzene rings is 1. The van der Waals surface area contributed by atoms with Crippen LogP contribution in [0.25, 0.3) is 10.6 Å². The van der Waals surface area contributed by atoms with Crippen molar-refractivity contribution in [2.45, 2.75) is 39.7 Å². The lowest BCUT2D eigenvalue weighted by molar-refractivity contribution is 0.0635. The summed E-state index contributed by atoms with van der Waals surface area (Å²) in [6.45, 7) is 10.0. The van der Waals surface area contributed by atoms with Gasteiger partial charge in [0.05, 0.1) is 18.4 Å². The summed E-state index contributed by atoms with van der Waals surface area (Å²) in [6, 6.07) is 6.03. The number of aromatic nitrogens is 1. The first-order valence-electron chi connectivity index (χ1n) is 9.83. The Morgan fingerprint density at radius 3 is 2.61 bits per heavy atom. The van der Waals surface area contributed by atoms with Crippen molar-refractivity contribution in [1.29, 1.82) is 0 Å². The van der Waals surface area contributed by atoms with Crippen LogP contribution < -0.4 is 4.74 Å². The Labute approximate surface area is 176 Å². The molecule has 3 rings (SSSR count). The first-order chi connectivity index (χ1) is 13.5. The van der Waals surface area contributed by atoms with Gasteiger partial charge in [-0.1, -0.05) is 25.4 Å². The van der Waals surface area contributed by atoms with Gasteiger partial charge in [-0.15, -0.1) is 11.3 Å². The number of hydrogen-bond acceptors (Lipinski definition) is 5. The minimum absolute atomic E-state index is 0.0836. The maximum absolute atomic E-state index is 13.1. The van der Waals surface area contributed by atoms with Crippen molar-refractivity contribution in [3.63, 3.8) is 0 Å². The van der Waals surface area contributed by atoms with Gasteiger partial charge < -0.3 is 14.5 Å². The number of rotatable bonds is 6. The summed E-state index contributed by atoms with van der Waals surface area (Å²) < 4.78 is 5.44. The summed E-state index contributed by atoms with van der Waals surface area (Å²) in [5.74, 6) is 0.789. The molecule has 1 aliphatic rings. The first kappa shape index (κ1) is 21.1. The quantitative estimate of drug-likeness (QED) is 0.676. The van der Waals surface area contributed by atoms with Gasteiger partial charge in [0.25, 0.3) is 5.91 Å². The molecule has 1 amide bonds. The standard InChI is InChI=1S/C21H28ClN3O2S/c1-5-24(6-2)16-9-11-25(12-10-16)21(26)19-14(3)23-20(28-19)17-13-15(22)7-8-18(17)27-4/h7-8,13,16H,5-6,9-12H2,1-4H3. The lowest BCUT2D eigenvalue weighted by Crippen LogP contribution is -2.46. The van der Waals surface area contributed by atoms with Crippen molar-refractivity contribution in [2.24, 2.45) is 0 Å². The van der Waals surface area contributed by atoms with Crippen molar-refractivity contribution >= 4 is 28.8 Å². The van der Waals surface area contributed by atoms with Crippen LogP contribution in [-0.2, 0) is 0 Å². The van der Waals surface area contributed by atoms with Gasteiger partial charge in [-0.2, -0.15) is 0 Å². The molecule has 1 fully saturated rings. The second-order valence-electron chi connectivity index (χ2n) is 7.02. The highest BCUT2D eigenvalue weighted by Gasteiger charge is 2.28. The van der Waals surface area contributed by atoms with Gasteiger partial charge in [0.2, 0.25) is 0 Å². The highest BCUT2D eigenvalue weighted by Crippen LogP contribution is 2.36. The Morgan fingerprint density at radius 2 is 2.00 bits per heavy atom.